The zero-order valence-corrected chi connectivity index (χ0v) is 23.0. The molecule has 5 aliphatic rings. The molecule has 2 nitrogen and oxygen atoms in total. The van der Waals surface area contributed by atoms with Crippen LogP contribution in [0.15, 0.2) is 20.0 Å². The molecule has 155 valence electrons. The molecule has 4 bridgehead atoms. The average molecular weight is 478 g/mol. The molecule has 4 fully saturated rings. The summed E-state index contributed by atoms with van der Waals surface area (Å²) in [6.45, 7) is 19.3. The molecule has 0 saturated heterocycles. The average Bonchev–Trinajstić information content (AvgIpc) is 2.73. The van der Waals surface area contributed by atoms with Gasteiger partial charge in [-0.2, -0.15) is 0 Å². The van der Waals surface area contributed by atoms with Crippen molar-refractivity contribution in [3.05, 3.63) is 20.0 Å². The summed E-state index contributed by atoms with van der Waals surface area (Å²) in [4.78, 5) is 14.0. The van der Waals surface area contributed by atoms with Crippen molar-refractivity contribution in [3.8, 4) is 0 Å². The fraction of sp³-hybridized carbons (Fsp3) is 0.792. The van der Waals surface area contributed by atoms with Crippen LogP contribution in [0.1, 0.15) is 80.1 Å². The number of carbonyl (C=O) groups excluding carboxylic acids is 1. The monoisotopic (exact) mass is 476 g/mol. The fourth-order valence-corrected chi connectivity index (χ4v) is 24.2. The van der Waals surface area contributed by atoms with Crippen molar-refractivity contribution in [1.82, 2.24) is 3.26 Å². The van der Waals surface area contributed by atoms with Crippen LogP contribution in [0.25, 0.3) is 0 Å². The van der Waals surface area contributed by atoms with Crippen LogP contribution in [0.2, 0.25) is 13.1 Å². The van der Waals surface area contributed by atoms with Gasteiger partial charge in [0.2, 0.25) is 0 Å². The van der Waals surface area contributed by atoms with Crippen molar-refractivity contribution in [3.63, 3.8) is 0 Å². The van der Waals surface area contributed by atoms with Crippen LogP contribution in [0, 0.1) is 28.1 Å². The molecule has 0 aromatic rings. The fourth-order valence-electron chi connectivity index (χ4n) is 8.28. The van der Waals surface area contributed by atoms with E-state index in [1.807, 2.05) is 0 Å². The Bertz CT molecular complexity index is 763. The van der Waals surface area contributed by atoms with E-state index in [0.717, 1.165) is 18.8 Å². The second-order valence-electron chi connectivity index (χ2n) is 12.0. The van der Waals surface area contributed by atoms with Crippen LogP contribution in [-0.2, 0) is 26.0 Å². The van der Waals surface area contributed by atoms with Crippen LogP contribution in [0.3, 0.4) is 0 Å². The van der Waals surface area contributed by atoms with Gasteiger partial charge in [0.25, 0.3) is 0 Å². The Morgan fingerprint density at radius 3 is 2.00 bits per heavy atom. The number of rotatable bonds is 4. The second kappa shape index (κ2) is 6.78. The van der Waals surface area contributed by atoms with Crippen molar-refractivity contribution in [2.24, 2.45) is 28.1 Å². The van der Waals surface area contributed by atoms with Gasteiger partial charge in [0, 0.05) is 0 Å². The topological polar surface area (TPSA) is 29.1 Å². The minimum atomic E-state index is -2.12. The SMILES string of the molecule is CC1=C(C)C(C)[C]([Zr]([NH]C(=O)C23CC4CC(C)(CC(C)(C4)C2)C3)[SiH](C)C)=C1C. The number of allylic oxidation sites excluding steroid dienone is 4. The predicted molar refractivity (Wildman–Crippen MR) is 117 cm³/mol. The molecule has 1 amide bonds. The number of carbonyl (C=O) groups is 1. The number of hydrogen-bond acceptors (Lipinski definition) is 1. The molecule has 1 N–H and O–H groups in total. The van der Waals surface area contributed by atoms with Gasteiger partial charge in [0.1, 0.15) is 0 Å². The van der Waals surface area contributed by atoms with E-state index in [2.05, 4.69) is 57.9 Å². The predicted octanol–water partition coefficient (Wildman–Crippen LogP) is 5.88. The van der Waals surface area contributed by atoms with E-state index in [0.29, 0.717) is 22.7 Å². The molecule has 0 aliphatic heterocycles. The van der Waals surface area contributed by atoms with E-state index in [9.17, 15) is 4.79 Å². The molecule has 0 radical (unpaired) electrons. The summed E-state index contributed by atoms with van der Waals surface area (Å²) in [6, 6.07) is 0. The molecular formula is C24H40NOSiZr. The van der Waals surface area contributed by atoms with Crippen molar-refractivity contribution in [1.29, 1.82) is 0 Å². The summed E-state index contributed by atoms with van der Waals surface area (Å²) in [7, 11) is 0. The van der Waals surface area contributed by atoms with E-state index in [1.54, 1.807) is 8.85 Å². The normalized spacial score (nSPS) is 42.0. The van der Waals surface area contributed by atoms with Crippen LogP contribution in [0.4, 0.5) is 0 Å². The number of nitrogens with one attached hydrogen (secondary N) is 1. The molecule has 0 heterocycles. The third-order valence-electron chi connectivity index (χ3n) is 8.86. The van der Waals surface area contributed by atoms with Gasteiger partial charge >= 0.3 is 182 Å². The molecule has 0 aromatic carbocycles. The van der Waals surface area contributed by atoms with Gasteiger partial charge in [0.15, 0.2) is 0 Å². The van der Waals surface area contributed by atoms with Gasteiger partial charge in [0.05, 0.1) is 0 Å². The summed E-state index contributed by atoms with van der Waals surface area (Å²) in [5.74, 6) is 0.962. The van der Waals surface area contributed by atoms with E-state index in [-0.39, 0.29) is 5.41 Å². The van der Waals surface area contributed by atoms with Crippen molar-refractivity contribution >= 4 is 11.8 Å². The van der Waals surface area contributed by atoms with Gasteiger partial charge in [-0.1, -0.05) is 0 Å². The third-order valence-corrected chi connectivity index (χ3v) is 25.9. The van der Waals surface area contributed by atoms with Gasteiger partial charge in [-0.3, -0.25) is 0 Å². The molecule has 4 heteroatoms. The molecule has 0 spiro atoms. The van der Waals surface area contributed by atoms with Gasteiger partial charge in [-0.05, 0) is 0 Å². The maximum atomic E-state index is 14.0. The van der Waals surface area contributed by atoms with Crippen LogP contribution in [0.5, 0.6) is 0 Å². The Morgan fingerprint density at radius 1 is 1.00 bits per heavy atom. The molecule has 4 saturated carbocycles. The number of amides is 1. The first-order valence-electron chi connectivity index (χ1n) is 11.5. The first kappa shape index (κ1) is 21.3. The second-order valence-corrected chi connectivity index (χ2v) is 30.2. The molecular weight excluding hydrogens is 438 g/mol. The van der Waals surface area contributed by atoms with Crippen molar-refractivity contribution < 1.29 is 26.0 Å². The van der Waals surface area contributed by atoms with E-state index < -0.39 is 27.1 Å². The molecule has 0 aromatic heterocycles. The zero-order chi connectivity index (χ0) is 20.6. The molecule has 5 aliphatic carbocycles. The first-order chi connectivity index (χ1) is 12.9. The standard InChI is InChI=1S/C13H21NO.C9H13.C2H7Si.Zr/c1-11-3-9-4-12(2,6-11)8-13(5-9,7-11)10(14)15;1-6-5-7(2)9(4)8(6)3;1-3-2;/h9H,3-8H2,1-2H3,(H2,14,15);6H,1-4H3;3H,1-2H3;/q;;;+1/p-1. The Hall–Kier alpha value is 0.0500. The maximum absolute atomic E-state index is 14.0. The zero-order valence-electron chi connectivity index (χ0n) is 19.4. The summed E-state index contributed by atoms with van der Waals surface area (Å²) in [6.07, 6.45) is 7.55. The Kier molecular flexibility index (Phi) is 5.15. The van der Waals surface area contributed by atoms with E-state index in [4.69, 9.17) is 0 Å². The van der Waals surface area contributed by atoms with Crippen LogP contribution >= 0.6 is 0 Å². The van der Waals surface area contributed by atoms with E-state index in [1.165, 1.54) is 36.8 Å². The summed E-state index contributed by atoms with van der Waals surface area (Å²) in [5.41, 5.74) is 5.35. The summed E-state index contributed by atoms with van der Waals surface area (Å²) < 4.78 is 5.60. The molecule has 5 rings (SSSR count). The Morgan fingerprint density at radius 2 is 1.57 bits per heavy atom. The van der Waals surface area contributed by atoms with Crippen LogP contribution in [-0.4, -0.2) is 11.8 Å². The first-order valence-corrected chi connectivity index (χ1v) is 21.1. The van der Waals surface area contributed by atoms with Crippen molar-refractivity contribution in [2.75, 3.05) is 0 Å². The number of hydrogen-bond donors (Lipinski definition) is 1. The summed E-state index contributed by atoms with van der Waals surface area (Å²) in [5, 5.41) is 0. The van der Waals surface area contributed by atoms with Crippen LogP contribution < -0.4 is 3.26 Å². The summed E-state index contributed by atoms with van der Waals surface area (Å²) >= 11 is -2.12. The Labute approximate surface area is 181 Å². The molecule has 3 atom stereocenters. The molecule has 28 heavy (non-hydrogen) atoms. The molecule has 3 unspecified atom stereocenters. The van der Waals surface area contributed by atoms with E-state index >= 15 is 0 Å². The minimum absolute atomic E-state index is 0.0498. The third kappa shape index (κ3) is 3.24. The quantitative estimate of drug-likeness (QED) is 0.504. The van der Waals surface area contributed by atoms with Crippen molar-refractivity contribution in [2.45, 2.75) is 93.2 Å². The van der Waals surface area contributed by atoms with Gasteiger partial charge in [-0.15, -0.1) is 0 Å². The Balaban J connectivity index is 1.62. The van der Waals surface area contributed by atoms with Gasteiger partial charge < -0.3 is 0 Å². The van der Waals surface area contributed by atoms with Gasteiger partial charge in [-0.25, -0.2) is 0 Å².